The molecule has 6 heteroatoms. The number of carbonyl (C=O) groups is 2. The van der Waals surface area contributed by atoms with Gasteiger partial charge in [0, 0.05) is 51.7 Å². The summed E-state index contributed by atoms with van der Waals surface area (Å²) in [5, 5.41) is 9.19. The molecule has 6 nitrogen and oxygen atoms in total. The molecule has 1 aromatic carbocycles. The highest BCUT2D eigenvalue weighted by Gasteiger charge is 2.51. The van der Waals surface area contributed by atoms with Crippen LogP contribution < -0.4 is 0 Å². The van der Waals surface area contributed by atoms with Gasteiger partial charge in [0.15, 0.2) is 0 Å². The third kappa shape index (κ3) is 3.88. The normalized spacial score (nSPS) is 28.3. The van der Waals surface area contributed by atoms with Gasteiger partial charge in [0.2, 0.25) is 5.91 Å². The molecule has 0 unspecified atom stereocenters. The lowest BCUT2D eigenvalue weighted by Crippen LogP contribution is -2.56. The van der Waals surface area contributed by atoms with Crippen molar-refractivity contribution in [2.45, 2.75) is 57.7 Å². The van der Waals surface area contributed by atoms with Crippen molar-refractivity contribution in [2.24, 2.45) is 5.41 Å². The number of likely N-dealkylation sites (tertiary alicyclic amines) is 2. The Morgan fingerprint density at radius 1 is 1.14 bits per heavy atom. The van der Waals surface area contributed by atoms with Crippen molar-refractivity contribution in [1.82, 2.24) is 14.7 Å². The van der Waals surface area contributed by atoms with Crippen molar-refractivity contribution >= 4 is 12.0 Å². The molecule has 3 aliphatic rings. The lowest BCUT2D eigenvalue weighted by atomic mass is 9.64. The average Bonchev–Trinajstić information content (AvgIpc) is 3.12. The molecule has 2 heterocycles. The Labute approximate surface area is 167 Å². The minimum absolute atomic E-state index is 0.157. The lowest BCUT2D eigenvalue weighted by Gasteiger charge is -2.52. The van der Waals surface area contributed by atoms with E-state index in [1.165, 1.54) is 5.56 Å². The van der Waals surface area contributed by atoms with Gasteiger partial charge in [0.05, 0.1) is 0 Å². The highest BCUT2D eigenvalue weighted by molar-refractivity contribution is 5.73. The topological polar surface area (TPSA) is 64.1 Å². The third-order valence-electron chi connectivity index (χ3n) is 7.10. The summed E-state index contributed by atoms with van der Waals surface area (Å²) >= 11 is 0. The molecule has 152 valence electrons. The van der Waals surface area contributed by atoms with Crippen molar-refractivity contribution in [3.63, 3.8) is 0 Å². The van der Waals surface area contributed by atoms with Crippen LogP contribution in [0.4, 0.5) is 4.79 Å². The Hall–Kier alpha value is -2.08. The zero-order valence-electron chi connectivity index (χ0n) is 16.7. The zero-order chi connectivity index (χ0) is 19.7. The van der Waals surface area contributed by atoms with Gasteiger partial charge in [-0.3, -0.25) is 4.79 Å². The first kappa shape index (κ1) is 19.2. The Morgan fingerprint density at radius 2 is 1.82 bits per heavy atom. The zero-order valence-corrected chi connectivity index (χ0v) is 16.7. The molecule has 0 atom stereocenters. The maximum atomic E-state index is 12.2. The second-order valence-corrected chi connectivity index (χ2v) is 8.92. The van der Waals surface area contributed by atoms with Crippen LogP contribution >= 0.6 is 0 Å². The number of hydrogen-bond acceptors (Lipinski definition) is 3. The number of benzene rings is 1. The number of rotatable bonds is 4. The van der Waals surface area contributed by atoms with E-state index in [1.54, 1.807) is 11.8 Å². The molecule has 1 aromatic rings. The van der Waals surface area contributed by atoms with Gasteiger partial charge in [-0.15, -0.1) is 0 Å². The summed E-state index contributed by atoms with van der Waals surface area (Å²) in [5.74, 6) is 0.157. The standard InChI is InChI=1S/C22H31N3O3/c1-17(26)25(15-18-5-3-2-4-6-18)19-7-10-23(11-8-19)20-13-22(14-20)9-12-24(16-22)21(27)28/h2-6,19-20H,7-16H2,1H3,(H,27,28). The van der Waals surface area contributed by atoms with Crippen molar-refractivity contribution < 1.29 is 14.7 Å². The van der Waals surface area contributed by atoms with E-state index < -0.39 is 6.09 Å². The molecule has 1 aliphatic carbocycles. The predicted octanol–water partition coefficient (Wildman–Crippen LogP) is 3.03. The van der Waals surface area contributed by atoms with Crippen LogP contribution in [-0.2, 0) is 11.3 Å². The van der Waals surface area contributed by atoms with Crippen molar-refractivity contribution in [1.29, 1.82) is 0 Å². The minimum Gasteiger partial charge on any atom is -0.465 e. The summed E-state index contributed by atoms with van der Waals surface area (Å²) in [7, 11) is 0. The summed E-state index contributed by atoms with van der Waals surface area (Å²) in [6.07, 6.45) is 4.54. The van der Waals surface area contributed by atoms with E-state index in [-0.39, 0.29) is 11.3 Å². The van der Waals surface area contributed by atoms with E-state index in [0.717, 1.165) is 45.2 Å². The summed E-state index contributed by atoms with van der Waals surface area (Å²) in [5.41, 5.74) is 1.42. The molecule has 28 heavy (non-hydrogen) atoms. The molecule has 3 fully saturated rings. The fraction of sp³-hybridized carbons (Fsp3) is 0.636. The van der Waals surface area contributed by atoms with E-state index in [0.29, 0.717) is 31.7 Å². The van der Waals surface area contributed by atoms with Crippen LogP contribution in [0.1, 0.15) is 44.6 Å². The van der Waals surface area contributed by atoms with E-state index >= 15 is 0 Å². The molecule has 1 spiro atoms. The van der Waals surface area contributed by atoms with Gasteiger partial charge in [-0.05, 0) is 43.1 Å². The second kappa shape index (κ2) is 7.74. The van der Waals surface area contributed by atoms with Crippen LogP contribution in [-0.4, -0.2) is 70.1 Å². The van der Waals surface area contributed by atoms with Crippen LogP contribution in [0.2, 0.25) is 0 Å². The summed E-state index contributed by atoms with van der Waals surface area (Å²) in [4.78, 5) is 29.6. The number of carboxylic acid groups (broad SMARTS) is 1. The fourth-order valence-corrected chi connectivity index (χ4v) is 5.47. The Kier molecular flexibility index (Phi) is 5.32. The first-order valence-electron chi connectivity index (χ1n) is 10.5. The first-order chi connectivity index (χ1) is 13.5. The SMILES string of the molecule is CC(=O)N(Cc1ccccc1)C1CCN(C2CC3(CCN(C(=O)O)C3)C2)CC1. The second-order valence-electron chi connectivity index (χ2n) is 8.92. The Bertz CT molecular complexity index is 709. The third-order valence-corrected chi connectivity index (χ3v) is 7.10. The van der Waals surface area contributed by atoms with E-state index in [4.69, 9.17) is 0 Å². The number of amides is 2. The number of piperidine rings is 1. The van der Waals surface area contributed by atoms with Crippen LogP contribution in [0.3, 0.4) is 0 Å². The average molecular weight is 386 g/mol. The highest BCUT2D eigenvalue weighted by Crippen LogP contribution is 2.50. The Morgan fingerprint density at radius 3 is 2.39 bits per heavy atom. The number of carbonyl (C=O) groups excluding carboxylic acids is 1. The number of hydrogen-bond donors (Lipinski definition) is 1. The van der Waals surface area contributed by atoms with Crippen molar-refractivity contribution in [3.05, 3.63) is 35.9 Å². The first-order valence-corrected chi connectivity index (χ1v) is 10.5. The van der Waals surface area contributed by atoms with Gasteiger partial charge in [-0.2, -0.15) is 0 Å². The lowest BCUT2D eigenvalue weighted by molar-refractivity contribution is -0.133. The summed E-state index contributed by atoms with van der Waals surface area (Å²) in [6.45, 7) is 5.85. The molecule has 1 saturated carbocycles. The molecule has 2 aliphatic heterocycles. The number of nitrogens with zero attached hydrogens (tertiary/aromatic N) is 3. The van der Waals surface area contributed by atoms with Crippen LogP contribution in [0.15, 0.2) is 30.3 Å². The van der Waals surface area contributed by atoms with Gasteiger partial charge in [0.1, 0.15) is 0 Å². The molecule has 2 saturated heterocycles. The molecule has 1 N–H and O–H groups in total. The molecule has 0 bridgehead atoms. The highest BCUT2D eigenvalue weighted by atomic mass is 16.4. The van der Waals surface area contributed by atoms with Gasteiger partial charge in [0.25, 0.3) is 0 Å². The van der Waals surface area contributed by atoms with Crippen molar-refractivity contribution in [2.75, 3.05) is 26.2 Å². The minimum atomic E-state index is -0.774. The predicted molar refractivity (Wildman–Crippen MR) is 107 cm³/mol. The summed E-state index contributed by atoms with van der Waals surface area (Å²) < 4.78 is 0. The van der Waals surface area contributed by atoms with Gasteiger partial charge in [-0.25, -0.2) is 4.79 Å². The van der Waals surface area contributed by atoms with E-state index in [2.05, 4.69) is 17.0 Å². The fourth-order valence-electron chi connectivity index (χ4n) is 5.47. The quantitative estimate of drug-likeness (QED) is 0.865. The van der Waals surface area contributed by atoms with Crippen LogP contribution in [0, 0.1) is 5.41 Å². The van der Waals surface area contributed by atoms with Crippen LogP contribution in [0.5, 0.6) is 0 Å². The van der Waals surface area contributed by atoms with E-state index in [1.807, 2.05) is 23.1 Å². The van der Waals surface area contributed by atoms with Gasteiger partial charge in [-0.1, -0.05) is 30.3 Å². The maximum Gasteiger partial charge on any atom is 0.407 e. The summed E-state index contributed by atoms with van der Waals surface area (Å²) in [6, 6.07) is 11.1. The molecule has 2 amide bonds. The van der Waals surface area contributed by atoms with Crippen LogP contribution in [0.25, 0.3) is 0 Å². The molecule has 0 aromatic heterocycles. The smallest absolute Gasteiger partial charge is 0.407 e. The molecular weight excluding hydrogens is 354 g/mol. The van der Waals surface area contributed by atoms with E-state index in [9.17, 15) is 14.7 Å². The van der Waals surface area contributed by atoms with Gasteiger partial charge >= 0.3 is 6.09 Å². The maximum absolute atomic E-state index is 12.2. The Balaban J connectivity index is 1.28. The van der Waals surface area contributed by atoms with Gasteiger partial charge < -0.3 is 19.8 Å². The molecular formula is C22H31N3O3. The molecule has 4 rings (SSSR count). The van der Waals surface area contributed by atoms with Crippen molar-refractivity contribution in [3.8, 4) is 0 Å². The molecule has 0 radical (unpaired) electrons. The largest absolute Gasteiger partial charge is 0.465 e. The monoisotopic (exact) mass is 385 g/mol.